The summed E-state index contributed by atoms with van der Waals surface area (Å²) in [6, 6.07) is 8.74. The van der Waals surface area contributed by atoms with Crippen LogP contribution in [0.2, 0.25) is 0 Å². The van der Waals surface area contributed by atoms with Crippen molar-refractivity contribution in [2.45, 2.75) is 32.5 Å². The number of thiophene rings is 1. The van der Waals surface area contributed by atoms with Crippen molar-refractivity contribution in [3.05, 3.63) is 46.3 Å². The molecule has 118 valence electrons. The fourth-order valence-corrected chi connectivity index (χ4v) is 2.65. The van der Waals surface area contributed by atoms with Crippen molar-refractivity contribution in [3.63, 3.8) is 0 Å². The van der Waals surface area contributed by atoms with Crippen LogP contribution in [0.1, 0.15) is 36.1 Å². The van der Waals surface area contributed by atoms with Crippen LogP contribution in [0.25, 0.3) is 0 Å². The second kappa shape index (κ2) is 6.89. The Morgan fingerprint density at radius 3 is 2.82 bits per heavy atom. The van der Waals surface area contributed by atoms with Gasteiger partial charge in [-0.2, -0.15) is 0 Å². The molecule has 1 unspecified atom stereocenters. The maximum Gasteiger partial charge on any atom is 0.270 e. The van der Waals surface area contributed by atoms with Crippen molar-refractivity contribution in [2.24, 2.45) is 0 Å². The molecule has 2 aromatic rings. The quantitative estimate of drug-likeness (QED) is 0.858. The van der Waals surface area contributed by atoms with E-state index in [0.29, 0.717) is 5.88 Å². The van der Waals surface area contributed by atoms with Crippen LogP contribution in [-0.2, 0) is 5.60 Å². The summed E-state index contributed by atoms with van der Waals surface area (Å²) in [4.78, 5) is 17.1. The van der Waals surface area contributed by atoms with Crippen molar-refractivity contribution < 1.29 is 14.6 Å². The molecule has 2 N–H and O–H groups in total. The normalized spacial score (nSPS) is 13.7. The van der Waals surface area contributed by atoms with Gasteiger partial charge in [-0.1, -0.05) is 12.1 Å². The van der Waals surface area contributed by atoms with Crippen molar-refractivity contribution in [2.75, 3.05) is 6.54 Å². The number of rotatable bonds is 6. The Balaban J connectivity index is 2.00. The molecule has 0 bridgehead atoms. The minimum Gasteiger partial charge on any atom is -0.475 e. The number of aliphatic hydroxyl groups is 1. The number of hydrogen-bond acceptors (Lipinski definition) is 5. The molecule has 0 saturated heterocycles. The predicted molar refractivity (Wildman–Crippen MR) is 86.2 cm³/mol. The smallest absolute Gasteiger partial charge is 0.270 e. The van der Waals surface area contributed by atoms with E-state index >= 15 is 0 Å². The first-order chi connectivity index (χ1) is 10.4. The van der Waals surface area contributed by atoms with Crippen LogP contribution >= 0.6 is 11.3 Å². The molecule has 2 aromatic heterocycles. The Labute approximate surface area is 134 Å². The lowest BCUT2D eigenvalue weighted by Gasteiger charge is -2.22. The van der Waals surface area contributed by atoms with Crippen molar-refractivity contribution >= 4 is 17.2 Å². The maximum atomic E-state index is 12.2. The first-order valence-corrected chi connectivity index (χ1v) is 7.95. The molecule has 1 atom stereocenters. The number of nitrogens with zero attached hydrogens (tertiary/aromatic N) is 1. The molecule has 0 aromatic carbocycles. The monoisotopic (exact) mass is 320 g/mol. The van der Waals surface area contributed by atoms with Gasteiger partial charge in [0.2, 0.25) is 5.88 Å². The summed E-state index contributed by atoms with van der Waals surface area (Å²) in [6.45, 7) is 5.58. The van der Waals surface area contributed by atoms with E-state index in [1.165, 1.54) is 11.3 Å². The summed E-state index contributed by atoms with van der Waals surface area (Å²) >= 11 is 1.45. The third kappa shape index (κ3) is 4.29. The first-order valence-electron chi connectivity index (χ1n) is 7.07. The molecule has 0 aliphatic heterocycles. The molecule has 22 heavy (non-hydrogen) atoms. The summed E-state index contributed by atoms with van der Waals surface area (Å²) in [6.07, 6.45) is -0.00891. The van der Waals surface area contributed by atoms with E-state index < -0.39 is 5.60 Å². The van der Waals surface area contributed by atoms with Gasteiger partial charge in [-0.25, -0.2) is 4.98 Å². The summed E-state index contributed by atoms with van der Waals surface area (Å²) in [5.74, 6) is 0.0682. The maximum absolute atomic E-state index is 12.2. The van der Waals surface area contributed by atoms with Gasteiger partial charge in [-0.15, -0.1) is 11.3 Å². The van der Waals surface area contributed by atoms with Crippen LogP contribution in [0.15, 0.2) is 35.7 Å². The zero-order chi connectivity index (χ0) is 16.2. The number of pyridine rings is 1. The van der Waals surface area contributed by atoms with Gasteiger partial charge in [-0.05, 0) is 38.3 Å². The van der Waals surface area contributed by atoms with E-state index in [1.807, 2.05) is 31.4 Å². The first kappa shape index (κ1) is 16.5. The van der Waals surface area contributed by atoms with Gasteiger partial charge >= 0.3 is 0 Å². The number of ether oxygens (including phenoxy) is 1. The topological polar surface area (TPSA) is 71.5 Å². The highest BCUT2D eigenvalue weighted by Gasteiger charge is 2.25. The third-order valence-corrected chi connectivity index (χ3v) is 4.08. The molecular weight excluding hydrogens is 300 g/mol. The molecule has 2 heterocycles. The zero-order valence-electron chi connectivity index (χ0n) is 12.9. The van der Waals surface area contributed by atoms with E-state index in [2.05, 4.69) is 10.3 Å². The van der Waals surface area contributed by atoms with Gasteiger partial charge in [0.05, 0.1) is 12.6 Å². The Bertz CT molecular complexity index is 624. The van der Waals surface area contributed by atoms with E-state index in [-0.39, 0.29) is 24.2 Å². The Kier molecular flexibility index (Phi) is 5.15. The van der Waals surface area contributed by atoms with Crippen molar-refractivity contribution in [1.29, 1.82) is 0 Å². The molecule has 0 spiro atoms. The molecule has 0 aliphatic rings. The Hall–Kier alpha value is -1.92. The van der Waals surface area contributed by atoms with Crippen LogP contribution < -0.4 is 10.1 Å². The average Bonchev–Trinajstić information content (AvgIpc) is 2.99. The highest BCUT2D eigenvalue weighted by molar-refractivity contribution is 7.10. The van der Waals surface area contributed by atoms with Crippen molar-refractivity contribution in [3.8, 4) is 5.88 Å². The van der Waals surface area contributed by atoms with E-state index in [9.17, 15) is 9.90 Å². The molecule has 0 aliphatic carbocycles. The minimum absolute atomic E-state index is 0.00891. The van der Waals surface area contributed by atoms with Crippen molar-refractivity contribution in [1.82, 2.24) is 10.3 Å². The number of hydrogen-bond donors (Lipinski definition) is 2. The highest BCUT2D eigenvalue weighted by Crippen LogP contribution is 2.24. The van der Waals surface area contributed by atoms with Gasteiger partial charge in [0.1, 0.15) is 11.3 Å². The van der Waals surface area contributed by atoms with Gasteiger partial charge in [-0.3, -0.25) is 4.79 Å². The summed E-state index contributed by atoms with van der Waals surface area (Å²) < 4.78 is 5.47. The third-order valence-electron chi connectivity index (χ3n) is 2.96. The Morgan fingerprint density at radius 2 is 2.18 bits per heavy atom. The molecular formula is C16H20N2O3S. The second-order valence-electron chi connectivity index (χ2n) is 5.46. The SMILES string of the molecule is CC(C)Oc1cccc(C(=O)NCC(C)(O)c2cccs2)n1. The standard InChI is InChI=1S/C16H20N2O3S/c1-11(2)21-14-8-4-6-12(18-14)15(19)17-10-16(3,20)13-7-5-9-22-13/h4-9,11,20H,10H2,1-3H3,(H,17,19). The summed E-state index contributed by atoms with van der Waals surface area (Å²) in [7, 11) is 0. The largest absolute Gasteiger partial charge is 0.475 e. The zero-order valence-corrected chi connectivity index (χ0v) is 13.7. The fraction of sp³-hybridized carbons (Fsp3) is 0.375. The van der Waals surface area contributed by atoms with Gasteiger partial charge in [0, 0.05) is 10.9 Å². The van der Waals surface area contributed by atoms with Gasteiger partial charge in [0.25, 0.3) is 5.91 Å². The molecule has 0 saturated carbocycles. The van der Waals surface area contributed by atoms with Crippen LogP contribution in [0.3, 0.4) is 0 Å². The number of amides is 1. The van der Waals surface area contributed by atoms with E-state index in [0.717, 1.165) is 4.88 Å². The number of carbonyl (C=O) groups is 1. The van der Waals surface area contributed by atoms with Crippen LogP contribution in [-0.4, -0.2) is 28.6 Å². The lowest BCUT2D eigenvalue weighted by atomic mass is 10.1. The van der Waals surface area contributed by atoms with Crippen LogP contribution in [0.4, 0.5) is 0 Å². The predicted octanol–water partition coefficient (Wildman–Crippen LogP) is 2.57. The summed E-state index contributed by atoms with van der Waals surface area (Å²) in [5, 5.41) is 15.0. The lowest BCUT2D eigenvalue weighted by Crippen LogP contribution is -2.38. The number of nitrogens with one attached hydrogen (secondary N) is 1. The second-order valence-corrected chi connectivity index (χ2v) is 6.41. The molecule has 1 amide bonds. The summed E-state index contributed by atoms with van der Waals surface area (Å²) in [5.41, 5.74) is -0.837. The Morgan fingerprint density at radius 1 is 1.41 bits per heavy atom. The van der Waals surface area contributed by atoms with Crippen LogP contribution in [0, 0.1) is 0 Å². The molecule has 0 fully saturated rings. The number of carbonyl (C=O) groups excluding carboxylic acids is 1. The highest BCUT2D eigenvalue weighted by atomic mass is 32.1. The van der Waals surface area contributed by atoms with Crippen LogP contribution in [0.5, 0.6) is 5.88 Å². The van der Waals surface area contributed by atoms with Gasteiger partial charge in [0.15, 0.2) is 0 Å². The molecule has 2 rings (SSSR count). The lowest BCUT2D eigenvalue weighted by molar-refractivity contribution is 0.0555. The molecule has 0 radical (unpaired) electrons. The minimum atomic E-state index is -1.10. The van der Waals surface area contributed by atoms with Gasteiger partial charge < -0.3 is 15.2 Å². The fourth-order valence-electron chi connectivity index (χ4n) is 1.86. The molecule has 5 nitrogen and oxygen atoms in total. The van der Waals surface area contributed by atoms with E-state index in [4.69, 9.17) is 4.74 Å². The average molecular weight is 320 g/mol. The number of aromatic nitrogens is 1. The molecule has 6 heteroatoms. The van der Waals surface area contributed by atoms with E-state index in [1.54, 1.807) is 25.1 Å².